The molecule has 16 heavy (non-hydrogen) atoms. The minimum absolute atomic E-state index is 0.0417. The van der Waals surface area contributed by atoms with E-state index in [0.717, 1.165) is 12.8 Å². The summed E-state index contributed by atoms with van der Waals surface area (Å²) in [7, 11) is 0. The van der Waals surface area contributed by atoms with Crippen molar-refractivity contribution in [2.75, 3.05) is 5.88 Å². The second-order valence-electron chi connectivity index (χ2n) is 4.50. The quantitative estimate of drug-likeness (QED) is 0.775. The van der Waals surface area contributed by atoms with E-state index in [-0.39, 0.29) is 11.7 Å². The molecule has 1 rings (SSSR count). The largest absolute Gasteiger partial charge is 0.443 e. The second kappa shape index (κ2) is 5.53. The first-order valence-corrected chi connectivity index (χ1v) is 6.07. The van der Waals surface area contributed by atoms with E-state index in [0.29, 0.717) is 25.1 Å². The summed E-state index contributed by atoms with van der Waals surface area (Å²) in [6.07, 6.45) is 2.54. The van der Waals surface area contributed by atoms with Gasteiger partial charge in [0.25, 0.3) is 0 Å². The second-order valence-corrected chi connectivity index (χ2v) is 4.88. The van der Waals surface area contributed by atoms with Crippen molar-refractivity contribution in [2.24, 2.45) is 11.7 Å². The highest BCUT2D eigenvalue weighted by Gasteiger charge is 2.39. The summed E-state index contributed by atoms with van der Waals surface area (Å²) in [4.78, 5) is 22.3. The Morgan fingerprint density at radius 1 is 1.69 bits per heavy atom. The van der Waals surface area contributed by atoms with Gasteiger partial charge < -0.3 is 10.5 Å². The van der Waals surface area contributed by atoms with Gasteiger partial charge in [-0.2, -0.15) is 0 Å². The van der Waals surface area contributed by atoms with Gasteiger partial charge in [0, 0.05) is 31.1 Å². The molecule has 92 valence electrons. The number of amides is 1. The Balaban J connectivity index is 2.74. The predicted molar refractivity (Wildman–Crippen MR) is 61.4 cm³/mol. The van der Waals surface area contributed by atoms with Gasteiger partial charge in [0.2, 0.25) is 0 Å². The van der Waals surface area contributed by atoms with Crippen LogP contribution in [-0.4, -0.2) is 23.4 Å². The van der Waals surface area contributed by atoms with E-state index in [1.54, 1.807) is 0 Å². The molecule has 0 aromatic heterocycles. The average molecular weight is 248 g/mol. The maximum Gasteiger partial charge on any atom is 0.405 e. The topological polar surface area (TPSA) is 69.4 Å². The summed E-state index contributed by atoms with van der Waals surface area (Å²) in [6.45, 7) is 1.81. The average Bonchev–Trinajstić information content (AvgIpc) is 2.16. The molecule has 1 aliphatic rings. The van der Waals surface area contributed by atoms with Gasteiger partial charge in [-0.3, -0.25) is 4.79 Å². The van der Waals surface area contributed by atoms with Gasteiger partial charge >= 0.3 is 6.09 Å². The monoisotopic (exact) mass is 247 g/mol. The van der Waals surface area contributed by atoms with Crippen molar-refractivity contribution in [3.05, 3.63) is 0 Å². The Bertz CT molecular complexity index is 282. The maximum atomic E-state index is 11.4. The highest BCUT2D eigenvalue weighted by molar-refractivity contribution is 6.17. The molecule has 0 spiro atoms. The number of hydrogen-bond donors (Lipinski definition) is 1. The van der Waals surface area contributed by atoms with Crippen LogP contribution in [-0.2, 0) is 9.53 Å². The molecule has 0 radical (unpaired) electrons. The number of hydrogen-bond acceptors (Lipinski definition) is 3. The SMILES string of the molecule is CC(CCCl)(OC(N)=O)C1CCCC(=O)C1. The van der Waals surface area contributed by atoms with Crippen molar-refractivity contribution in [3.63, 3.8) is 0 Å². The molecule has 5 heteroatoms. The van der Waals surface area contributed by atoms with E-state index in [1.165, 1.54) is 0 Å². The van der Waals surface area contributed by atoms with Crippen molar-refractivity contribution in [3.8, 4) is 0 Å². The van der Waals surface area contributed by atoms with Crippen LogP contribution in [0.3, 0.4) is 0 Å². The lowest BCUT2D eigenvalue weighted by Gasteiger charge is -2.38. The number of primary amides is 1. The van der Waals surface area contributed by atoms with Crippen LogP contribution in [0, 0.1) is 5.92 Å². The Morgan fingerprint density at radius 3 is 2.88 bits per heavy atom. The van der Waals surface area contributed by atoms with Crippen LogP contribution in [0.4, 0.5) is 4.79 Å². The van der Waals surface area contributed by atoms with Crippen molar-refractivity contribution in [1.29, 1.82) is 0 Å². The first-order chi connectivity index (χ1) is 7.48. The van der Waals surface area contributed by atoms with Gasteiger partial charge in [0.15, 0.2) is 0 Å². The zero-order valence-electron chi connectivity index (χ0n) is 9.50. The van der Waals surface area contributed by atoms with Crippen LogP contribution in [0.25, 0.3) is 0 Å². The summed E-state index contributed by atoms with van der Waals surface area (Å²) in [5.41, 5.74) is 4.36. The van der Waals surface area contributed by atoms with Crippen LogP contribution in [0.1, 0.15) is 39.0 Å². The number of ketones is 1. The number of rotatable bonds is 4. The van der Waals surface area contributed by atoms with Crippen molar-refractivity contribution in [1.82, 2.24) is 0 Å². The Labute approximate surface area is 100 Å². The number of carbonyl (C=O) groups is 2. The van der Waals surface area contributed by atoms with Crippen LogP contribution in [0.5, 0.6) is 0 Å². The lowest BCUT2D eigenvalue weighted by molar-refractivity contribution is -0.125. The summed E-state index contributed by atoms with van der Waals surface area (Å²) in [6, 6.07) is 0. The van der Waals surface area contributed by atoms with Crippen LogP contribution < -0.4 is 5.73 Å². The normalized spacial score (nSPS) is 24.9. The molecule has 0 aliphatic heterocycles. The molecule has 0 aromatic carbocycles. The van der Waals surface area contributed by atoms with Crippen molar-refractivity contribution < 1.29 is 14.3 Å². The first-order valence-electron chi connectivity index (χ1n) is 5.54. The molecule has 0 aromatic rings. The summed E-state index contributed by atoms with van der Waals surface area (Å²) in [5, 5.41) is 0. The van der Waals surface area contributed by atoms with Gasteiger partial charge in [0.05, 0.1) is 0 Å². The molecule has 1 amide bonds. The van der Waals surface area contributed by atoms with Crippen LogP contribution in [0.2, 0.25) is 0 Å². The smallest absolute Gasteiger partial charge is 0.405 e. The summed E-state index contributed by atoms with van der Waals surface area (Å²) >= 11 is 5.71. The van der Waals surface area contributed by atoms with Crippen molar-refractivity contribution in [2.45, 2.75) is 44.6 Å². The Morgan fingerprint density at radius 2 is 2.38 bits per heavy atom. The van der Waals surface area contributed by atoms with Crippen LogP contribution in [0.15, 0.2) is 0 Å². The standard InChI is InChI=1S/C11H18ClNO3/c1-11(5-6-12,16-10(13)15)8-3-2-4-9(14)7-8/h8H,2-7H2,1H3,(H2,13,15). The van der Waals surface area contributed by atoms with Gasteiger partial charge in [-0.15, -0.1) is 11.6 Å². The third-order valence-corrected chi connectivity index (χ3v) is 3.46. The van der Waals surface area contributed by atoms with Gasteiger partial charge in [-0.05, 0) is 19.8 Å². The number of halogens is 1. The fourth-order valence-corrected chi connectivity index (χ4v) is 2.68. The predicted octanol–water partition coefficient (Wildman–Crippen LogP) is 2.23. The molecule has 2 unspecified atom stereocenters. The van der Waals surface area contributed by atoms with E-state index in [9.17, 15) is 9.59 Å². The van der Waals surface area contributed by atoms with E-state index in [2.05, 4.69) is 0 Å². The fourth-order valence-electron chi connectivity index (χ4n) is 2.30. The van der Waals surface area contributed by atoms with Gasteiger partial charge in [-0.25, -0.2) is 4.79 Å². The summed E-state index contributed by atoms with van der Waals surface area (Å²) in [5.74, 6) is 0.652. The molecule has 1 saturated carbocycles. The van der Waals surface area contributed by atoms with Gasteiger partial charge in [-0.1, -0.05) is 0 Å². The number of nitrogens with two attached hydrogens (primary N) is 1. The van der Waals surface area contributed by atoms with E-state index in [4.69, 9.17) is 22.1 Å². The third kappa shape index (κ3) is 3.37. The molecule has 0 heterocycles. The minimum Gasteiger partial charge on any atom is -0.443 e. The lowest BCUT2D eigenvalue weighted by Crippen LogP contribution is -2.44. The molecule has 1 fully saturated rings. The lowest BCUT2D eigenvalue weighted by atomic mass is 9.76. The minimum atomic E-state index is -0.800. The molecule has 4 nitrogen and oxygen atoms in total. The molecular formula is C11H18ClNO3. The third-order valence-electron chi connectivity index (χ3n) is 3.27. The van der Waals surface area contributed by atoms with Crippen molar-refractivity contribution >= 4 is 23.5 Å². The number of ether oxygens (including phenoxy) is 1. The zero-order valence-corrected chi connectivity index (χ0v) is 10.3. The Hall–Kier alpha value is -0.770. The summed E-state index contributed by atoms with van der Waals surface area (Å²) < 4.78 is 5.17. The molecule has 0 saturated heterocycles. The zero-order chi connectivity index (χ0) is 12.2. The van der Waals surface area contributed by atoms with Gasteiger partial charge in [0.1, 0.15) is 11.4 Å². The van der Waals surface area contributed by atoms with E-state index >= 15 is 0 Å². The van der Waals surface area contributed by atoms with E-state index < -0.39 is 11.7 Å². The molecule has 0 bridgehead atoms. The number of alkyl halides is 1. The first kappa shape index (κ1) is 13.3. The molecule has 2 atom stereocenters. The maximum absolute atomic E-state index is 11.4. The van der Waals surface area contributed by atoms with Crippen LogP contribution >= 0.6 is 11.6 Å². The number of Topliss-reactive ketones (excluding diaryl/α,β-unsaturated/α-hetero) is 1. The molecule has 2 N–H and O–H groups in total. The Kier molecular flexibility index (Phi) is 4.59. The fraction of sp³-hybridized carbons (Fsp3) is 0.818. The van der Waals surface area contributed by atoms with E-state index in [1.807, 2.05) is 6.92 Å². The highest BCUT2D eigenvalue weighted by atomic mass is 35.5. The molecular weight excluding hydrogens is 230 g/mol. The molecule has 1 aliphatic carbocycles. The number of carbonyl (C=O) groups excluding carboxylic acids is 2. The highest BCUT2D eigenvalue weighted by Crippen LogP contribution is 2.36.